The van der Waals surface area contributed by atoms with Crippen LogP contribution in [0.2, 0.25) is 5.02 Å². The van der Waals surface area contributed by atoms with Gasteiger partial charge < -0.3 is 5.11 Å². The molecule has 0 aliphatic carbocycles. The summed E-state index contributed by atoms with van der Waals surface area (Å²) in [5.41, 5.74) is 0. The Hall–Kier alpha value is -0.800. The van der Waals surface area contributed by atoms with Crippen molar-refractivity contribution in [3.8, 4) is 5.75 Å². The van der Waals surface area contributed by atoms with E-state index in [2.05, 4.69) is 15.9 Å². The fourth-order valence-corrected chi connectivity index (χ4v) is 2.38. The standard InChI is InChI=1S/C10H5BrClFO/c11-6-4-8(14)10(13)5-2-1-3-7(12)9(5)6/h1-4,14H. The molecule has 0 aliphatic heterocycles. The smallest absolute Gasteiger partial charge is 0.172 e. The molecule has 0 aromatic heterocycles. The zero-order chi connectivity index (χ0) is 10.3. The van der Waals surface area contributed by atoms with Crippen molar-refractivity contribution in [3.63, 3.8) is 0 Å². The lowest BCUT2D eigenvalue weighted by atomic mass is 10.1. The summed E-state index contributed by atoms with van der Waals surface area (Å²) in [6.45, 7) is 0. The number of benzene rings is 2. The third-order valence-electron chi connectivity index (χ3n) is 1.98. The molecule has 2 rings (SSSR count). The van der Waals surface area contributed by atoms with Gasteiger partial charge in [0.2, 0.25) is 0 Å². The van der Waals surface area contributed by atoms with Gasteiger partial charge in [0.05, 0.1) is 0 Å². The minimum absolute atomic E-state index is 0.310. The average molecular weight is 276 g/mol. The van der Waals surface area contributed by atoms with Crippen LogP contribution in [0.1, 0.15) is 0 Å². The van der Waals surface area contributed by atoms with Gasteiger partial charge in [-0.25, -0.2) is 4.39 Å². The summed E-state index contributed by atoms with van der Waals surface area (Å²) in [5.74, 6) is -1.03. The molecule has 0 unspecified atom stereocenters. The summed E-state index contributed by atoms with van der Waals surface area (Å²) in [7, 11) is 0. The molecule has 0 bridgehead atoms. The van der Waals surface area contributed by atoms with Crippen LogP contribution in [-0.2, 0) is 0 Å². The number of halogens is 3. The molecule has 72 valence electrons. The maximum atomic E-state index is 13.4. The molecular weight excluding hydrogens is 270 g/mol. The highest BCUT2D eigenvalue weighted by Crippen LogP contribution is 2.36. The summed E-state index contributed by atoms with van der Waals surface area (Å²) < 4.78 is 14.0. The molecule has 2 aromatic rings. The Morgan fingerprint density at radius 2 is 2.07 bits per heavy atom. The molecule has 0 saturated heterocycles. The molecule has 14 heavy (non-hydrogen) atoms. The van der Waals surface area contributed by atoms with Crippen molar-refractivity contribution in [1.29, 1.82) is 0 Å². The Balaban J connectivity index is 3.02. The first-order valence-electron chi connectivity index (χ1n) is 3.86. The van der Waals surface area contributed by atoms with Gasteiger partial charge in [-0.3, -0.25) is 0 Å². The molecule has 1 nitrogen and oxygen atoms in total. The van der Waals surface area contributed by atoms with E-state index in [9.17, 15) is 9.50 Å². The number of rotatable bonds is 0. The number of phenolic OH excluding ortho intramolecular Hbond substituents is 1. The van der Waals surface area contributed by atoms with E-state index in [1.165, 1.54) is 6.07 Å². The van der Waals surface area contributed by atoms with Gasteiger partial charge in [0.15, 0.2) is 11.6 Å². The minimum atomic E-state index is -0.647. The second-order valence-electron chi connectivity index (χ2n) is 2.85. The maximum Gasteiger partial charge on any atom is 0.172 e. The van der Waals surface area contributed by atoms with E-state index in [1.807, 2.05) is 0 Å². The second-order valence-corrected chi connectivity index (χ2v) is 4.12. The quantitative estimate of drug-likeness (QED) is 0.767. The van der Waals surface area contributed by atoms with E-state index >= 15 is 0 Å². The molecule has 0 atom stereocenters. The molecule has 4 heteroatoms. The average Bonchev–Trinajstić information content (AvgIpc) is 2.14. The number of fused-ring (bicyclic) bond motifs is 1. The first-order valence-corrected chi connectivity index (χ1v) is 5.03. The van der Waals surface area contributed by atoms with Gasteiger partial charge in [-0.15, -0.1) is 0 Å². The van der Waals surface area contributed by atoms with Crippen LogP contribution < -0.4 is 0 Å². The predicted molar refractivity (Wildman–Crippen MR) is 58.3 cm³/mol. The summed E-state index contributed by atoms with van der Waals surface area (Å²) in [6, 6.07) is 6.18. The molecule has 0 fully saturated rings. The third-order valence-corrected chi connectivity index (χ3v) is 2.92. The third kappa shape index (κ3) is 1.37. The van der Waals surface area contributed by atoms with Crippen molar-refractivity contribution in [2.75, 3.05) is 0 Å². The van der Waals surface area contributed by atoms with Crippen LogP contribution in [0.4, 0.5) is 4.39 Å². The van der Waals surface area contributed by atoms with Gasteiger partial charge in [0.1, 0.15) is 0 Å². The second kappa shape index (κ2) is 3.41. The first-order chi connectivity index (χ1) is 6.61. The molecule has 0 heterocycles. The van der Waals surface area contributed by atoms with Crippen molar-refractivity contribution in [1.82, 2.24) is 0 Å². The van der Waals surface area contributed by atoms with Gasteiger partial charge in [-0.05, 0) is 28.1 Å². The molecule has 1 N–H and O–H groups in total. The minimum Gasteiger partial charge on any atom is -0.505 e. The number of hydrogen-bond donors (Lipinski definition) is 1. The largest absolute Gasteiger partial charge is 0.505 e. The highest BCUT2D eigenvalue weighted by Gasteiger charge is 2.11. The molecule has 0 aliphatic rings. The summed E-state index contributed by atoms with van der Waals surface area (Å²) in [5, 5.41) is 10.6. The summed E-state index contributed by atoms with van der Waals surface area (Å²) in [6.07, 6.45) is 0. The molecule has 0 spiro atoms. The summed E-state index contributed by atoms with van der Waals surface area (Å²) >= 11 is 9.13. The van der Waals surface area contributed by atoms with Crippen LogP contribution in [-0.4, -0.2) is 5.11 Å². The predicted octanol–water partition coefficient (Wildman–Crippen LogP) is 4.10. The van der Waals surface area contributed by atoms with Crippen LogP contribution in [0, 0.1) is 5.82 Å². The van der Waals surface area contributed by atoms with E-state index in [1.54, 1.807) is 18.2 Å². The Morgan fingerprint density at radius 1 is 1.36 bits per heavy atom. The van der Waals surface area contributed by atoms with Gasteiger partial charge in [0.25, 0.3) is 0 Å². The van der Waals surface area contributed by atoms with Crippen LogP contribution >= 0.6 is 27.5 Å². The molecule has 0 amide bonds. The first kappa shape index (κ1) is 9.74. The van der Waals surface area contributed by atoms with Crippen LogP contribution in [0.15, 0.2) is 28.7 Å². The fourth-order valence-electron chi connectivity index (χ4n) is 1.34. The lowest BCUT2D eigenvalue weighted by molar-refractivity contribution is 0.436. The normalized spacial score (nSPS) is 10.8. The highest BCUT2D eigenvalue weighted by molar-refractivity contribution is 9.10. The topological polar surface area (TPSA) is 20.2 Å². The Labute approximate surface area is 93.2 Å². The molecular formula is C10H5BrClFO. The van der Waals surface area contributed by atoms with E-state index < -0.39 is 5.82 Å². The molecule has 0 saturated carbocycles. The monoisotopic (exact) mass is 274 g/mol. The fraction of sp³-hybridized carbons (Fsp3) is 0. The molecule has 0 radical (unpaired) electrons. The Morgan fingerprint density at radius 3 is 2.79 bits per heavy atom. The number of hydrogen-bond acceptors (Lipinski definition) is 1. The van der Waals surface area contributed by atoms with Gasteiger partial charge in [-0.1, -0.05) is 23.7 Å². The van der Waals surface area contributed by atoms with Crippen LogP contribution in [0.3, 0.4) is 0 Å². The van der Waals surface area contributed by atoms with Gasteiger partial charge >= 0.3 is 0 Å². The van der Waals surface area contributed by atoms with E-state index in [0.717, 1.165) is 0 Å². The van der Waals surface area contributed by atoms with E-state index in [4.69, 9.17) is 11.6 Å². The number of phenols is 1. The summed E-state index contributed by atoms with van der Waals surface area (Å²) in [4.78, 5) is 0. The van der Waals surface area contributed by atoms with Crippen molar-refractivity contribution in [3.05, 3.63) is 39.6 Å². The van der Waals surface area contributed by atoms with Crippen LogP contribution in [0.25, 0.3) is 10.8 Å². The van der Waals surface area contributed by atoms with Gasteiger partial charge in [0, 0.05) is 20.3 Å². The zero-order valence-electron chi connectivity index (χ0n) is 6.89. The zero-order valence-corrected chi connectivity index (χ0v) is 9.23. The highest BCUT2D eigenvalue weighted by atomic mass is 79.9. The molecule has 2 aromatic carbocycles. The van der Waals surface area contributed by atoms with Crippen molar-refractivity contribution in [2.24, 2.45) is 0 Å². The van der Waals surface area contributed by atoms with Crippen molar-refractivity contribution >= 4 is 38.3 Å². The van der Waals surface area contributed by atoms with Crippen molar-refractivity contribution < 1.29 is 9.50 Å². The van der Waals surface area contributed by atoms with Gasteiger partial charge in [-0.2, -0.15) is 0 Å². The number of aromatic hydroxyl groups is 1. The Bertz CT molecular complexity index is 513. The lowest BCUT2D eigenvalue weighted by Crippen LogP contribution is -1.83. The Kier molecular flexibility index (Phi) is 2.37. The lowest BCUT2D eigenvalue weighted by Gasteiger charge is -2.05. The van der Waals surface area contributed by atoms with Crippen LogP contribution in [0.5, 0.6) is 5.75 Å². The van der Waals surface area contributed by atoms with E-state index in [-0.39, 0.29) is 5.75 Å². The van der Waals surface area contributed by atoms with Crippen molar-refractivity contribution in [2.45, 2.75) is 0 Å². The SMILES string of the molecule is Oc1cc(Br)c2c(Cl)cccc2c1F. The maximum absolute atomic E-state index is 13.4. The van der Waals surface area contributed by atoms with E-state index in [0.29, 0.717) is 20.3 Å².